The Labute approximate surface area is 204 Å². The summed E-state index contributed by atoms with van der Waals surface area (Å²) in [4.78, 5) is 29.7. The van der Waals surface area contributed by atoms with Crippen molar-refractivity contribution in [3.63, 3.8) is 0 Å². The summed E-state index contributed by atoms with van der Waals surface area (Å²) in [6, 6.07) is 4.57. The van der Waals surface area contributed by atoms with Crippen LogP contribution in [0.1, 0.15) is 42.6 Å². The third-order valence-electron chi connectivity index (χ3n) is 5.99. The van der Waals surface area contributed by atoms with E-state index in [1.807, 2.05) is 14.1 Å². The lowest BCUT2D eigenvalue weighted by Gasteiger charge is -2.33. The van der Waals surface area contributed by atoms with Crippen LogP contribution in [0.4, 0.5) is 0 Å². The second-order valence-corrected chi connectivity index (χ2v) is 11.8. The van der Waals surface area contributed by atoms with E-state index in [1.165, 1.54) is 19.2 Å². The number of sulfonamides is 1. The first-order valence-electron chi connectivity index (χ1n) is 11.7. The molecule has 0 spiro atoms. The normalized spacial score (nSPS) is 15.6. The summed E-state index contributed by atoms with van der Waals surface area (Å²) >= 11 is 0. The maximum atomic E-state index is 13.2. The molecule has 0 unspecified atom stereocenters. The molecule has 1 heterocycles. The van der Waals surface area contributed by atoms with E-state index >= 15 is 0 Å². The van der Waals surface area contributed by atoms with E-state index in [2.05, 4.69) is 28.8 Å². The Balaban J connectivity index is 1.98. The van der Waals surface area contributed by atoms with Gasteiger partial charge in [0.2, 0.25) is 15.9 Å². The van der Waals surface area contributed by atoms with Crippen molar-refractivity contribution in [1.82, 2.24) is 19.8 Å². The van der Waals surface area contributed by atoms with Gasteiger partial charge in [0, 0.05) is 51.3 Å². The number of hydrogen-bond acceptors (Lipinski definition) is 6. The molecule has 1 aliphatic rings. The Morgan fingerprint density at radius 1 is 1.21 bits per heavy atom. The molecule has 0 radical (unpaired) electrons. The molecular formula is C24H40N4O5S. The van der Waals surface area contributed by atoms with Crippen LogP contribution in [-0.2, 0) is 19.6 Å². The summed E-state index contributed by atoms with van der Waals surface area (Å²) in [6.07, 6.45) is 1.17. The van der Waals surface area contributed by atoms with Crippen molar-refractivity contribution in [2.45, 2.75) is 38.5 Å². The smallest absolute Gasteiger partial charge is 0.254 e. The van der Waals surface area contributed by atoms with Gasteiger partial charge in [-0.15, -0.1) is 0 Å². The number of methoxy groups -OCH3 is 1. The first kappa shape index (κ1) is 28.2. The zero-order chi connectivity index (χ0) is 25.5. The Morgan fingerprint density at radius 2 is 1.85 bits per heavy atom. The molecule has 0 aromatic heterocycles. The van der Waals surface area contributed by atoms with Crippen LogP contribution in [0.15, 0.2) is 23.1 Å². The fraction of sp³-hybridized carbons (Fsp3) is 0.667. The molecule has 0 bridgehead atoms. The molecular weight excluding hydrogens is 456 g/mol. The molecule has 1 aromatic rings. The van der Waals surface area contributed by atoms with E-state index < -0.39 is 10.0 Å². The monoisotopic (exact) mass is 496 g/mol. The number of rotatable bonds is 11. The molecule has 1 saturated heterocycles. The summed E-state index contributed by atoms with van der Waals surface area (Å²) in [7, 11) is 1.79. The largest absolute Gasteiger partial charge is 0.383 e. The molecule has 2 N–H and O–H groups in total. The van der Waals surface area contributed by atoms with E-state index in [0.29, 0.717) is 43.6 Å². The van der Waals surface area contributed by atoms with Crippen LogP contribution in [0, 0.1) is 18.3 Å². The van der Waals surface area contributed by atoms with Gasteiger partial charge in [0.05, 0.1) is 11.5 Å². The zero-order valence-electron chi connectivity index (χ0n) is 21.3. The molecule has 0 atom stereocenters. The molecule has 192 valence electrons. The van der Waals surface area contributed by atoms with Crippen molar-refractivity contribution in [3.8, 4) is 0 Å². The summed E-state index contributed by atoms with van der Waals surface area (Å²) in [5.74, 6) is -0.306. The number of carbonyl (C=O) groups excluding carboxylic acids is 2. The van der Waals surface area contributed by atoms with Crippen LogP contribution in [-0.4, -0.2) is 90.6 Å². The van der Waals surface area contributed by atoms with Crippen LogP contribution in [0.2, 0.25) is 0 Å². The highest BCUT2D eigenvalue weighted by molar-refractivity contribution is 7.89. The second kappa shape index (κ2) is 12.1. The fourth-order valence-corrected chi connectivity index (χ4v) is 5.30. The van der Waals surface area contributed by atoms with Crippen molar-refractivity contribution < 1.29 is 22.7 Å². The number of amides is 2. The Bertz CT molecular complexity index is 954. The molecule has 0 aliphatic carbocycles. The number of aryl methyl sites for hydroxylation is 1. The maximum Gasteiger partial charge on any atom is 0.254 e. The molecule has 1 aromatic carbocycles. The summed E-state index contributed by atoms with van der Waals surface area (Å²) < 4.78 is 32.4. The number of piperidine rings is 1. The summed E-state index contributed by atoms with van der Waals surface area (Å²) in [6.45, 7) is 8.83. The van der Waals surface area contributed by atoms with Crippen molar-refractivity contribution in [2.75, 3.05) is 60.5 Å². The average molecular weight is 497 g/mol. The third kappa shape index (κ3) is 8.04. The van der Waals surface area contributed by atoms with Crippen LogP contribution >= 0.6 is 0 Å². The van der Waals surface area contributed by atoms with Gasteiger partial charge >= 0.3 is 0 Å². The van der Waals surface area contributed by atoms with E-state index in [0.717, 1.165) is 6.54 Å². The summed E-state index contributed by atoms with van der Waals surface area (Å²) in [5, 5.41) is 3.08. The van der Waals surface area contributed by atoms with Crippen molar-refractivity contribution in [1.29, 1.82) is 0 Å². The van der Waals surface area contributed by atoms with Crippen LogP contribution in [0.25, 0.3) is 0 Å². The maximum absolute atomic E-state index is 13.2. The van der Waals surface area contributed by atoms with Crippen molar-refractivity contribution in [2.24, 2.45) is 11.3 Å². The van der Waals surface area contributed by atoms with Crippen LogP contribution in [0.3, 0.4) is 0 Å². The molecule has 1 aliphatic heterocycles. The Morgan fingerprint density at radius 3 is 2.44 bits per heavy atom. The fourth-order valence-electron chi connectivity index (χ4n) is 4.26. The molecule has 2 amide bonds. The number of hydrogen-bond donors (Lipinski definition) is 2. The van der Waals surface area contributed by atoms with Crippen molar-refractivity contribution >= 4 is 21.8 Å². The van der Waals surface area contributed by atoms with Crippen LogP contribution < -0.4 is 10.0 Å². The lowest BCUT2D eigenvalue weighted by atomic mass is 9.91. The van der Waals surface area contributed by atoms with Gasteiger partial charge in [0.15, 0.2) is 0 Å². The van der Waals surface area contributed by atoms with Gasteiger partial charge in [-0.3, -0.25) is 9.59 Å². The van der Waals surface area contributed by atoms with Crippen LogP contribution in [0.5, 0.6) is 0 Å². The molecule has 1 fully saturated rings. The number of benzene rings is 1. The number of likely N-dealkylation sites (tertiary alicyclic amines) is 1. The highest BCUT2D eigenvalue weighted by Crippen LogP contribution is 2.23. The molecule has 10 heteroatoms. The van der Waals surface area contributed by atoms with Gasteiger partial charge in [-0.2, -0.15) is 0 Å². The minimum Gasteiger partial charge on any atom is -0.383 e. The van der Waals surface area contributed by atoms with E-state index in [4.69, 9.17) is 4.74 Å². The third-order valence-corrected chi connectivity index (χ3v) is 7.45. The Kier molecular flexibility index (Phi) is 10.0. The average Bonchev–Trinajstić information content (AvgIpc) is 2.76. The van der Waals surface area contributed by atoms with Gasteiger partial charge in [-0.25, -0.2) is 13.1 Å². The highest BCUT2D eigenvalue weighted by Gasteiger charge is 2.30. The van der Waals surface area contributed by atoms with Gasteiger partial charge in [0.1, 0.15) is 0 Å². The lowest BCUT2D eigenvalue weighted by Crippen LogP contribution is -2.46. The molecule has 34 heavy (non-hydrogen) atoms. The van der Waals surface area contributed by atoms with E-state index in [9.17, 15) is 18.0 Å². The SMILES string of the molecule is COCCNS(=O)(=O)c1ccc(C)c(C(=O)N2CCC(C(=O)NCC(C)(C)CN(C)C)CC2)c1. The van der Waals surface area contributed by atoms with Gasteiger partial charge in [-0.1, -0.05) is 19.9 Å². The Hall–Kier alpha value is -2.01. The van der Waals surface area contributed by atoms with Gasteiger partial charge in [-0.05, 0) is 57.0 Å². The minimum atomic E-state index is -3.74. The molecule has 2 rings (SSSR count). The van der Waals surface area contributed by atoms with Crippen molar-refractivity contribution in [3.05, 3.63) is 29.3 Å². The number of ether oxygens (including phenoxy) is 1. The topological polar surface area (TPSA) is 108 Å². The van der Waals surface area contributed by atoms with Gasteiger partial charge < -0.3 is 19.9 Å². The first-order valence-corrected chi connectivity index (χ1v) is 13.2. The number of carbonyl (C=O) groups is 2. The predicted molar refractivity (Wildman–Crippen MR) is 132 cm³/mol. The highest BCUT2D eigenvalue weighted by atomic mass is 32.2. The zero-order valence-corrected chi connectivity index (χ0v) is 22.1. The number of nitrogens with zero attached hydrogens (tertiary/aromatic N) is 2. The predicted octanol–water partition coefficient (Wildman–Crippen LogP) is 1.48. The number of nitrogens with one attached hydrogen (secondary N) is 2. The van der Waals surface area contributed by atoms with E-state index in [-0.39, 0.29) is 41.2 Å². The van der Waals surface area contributed by atoms with Gasteiger partial charge in [0.25, 0.3) is 5.91 Å². The minimum absolute atomic E-state index is 0.0306. The second-order valence-electron chi connectivity index (χ2n) is 10.1. The molecule has 9 nitrogen and oxygen atoms in total. The molecule has 0 saturated carbocycles. The summed E-state index contributed by atoms with van der Waals surface area (Å²) in [5.41, 5.74) is 1.05. The lowest BCUT2D eigenvalue weighted by molar-refractivity contribution is -0.126. The quantitative estimate of drug-likeness (QED) is 0.449. The van der Waals surface area contributed by atoms with E-state index in [1.54, 1.807) is 17.9 Å². The first-order chi connectivity index (χ1) is 15.9. The standard InChI is InChI=1S/C24H40N4O5S/c1-18-7-8-20(34(31,32)26-11-14-33-6)15-21(18)23(30)28-12-9-19(10-13-28)22(29)25-16-24(2,3)17-27(4)5/h7-8,15,19,26H,9-14,16-17H2,1-6H3,(H,25,29).